The van der Waals surface area contributed by atoms with Crippen molar-refractivity contribution in [1.29, 1.82) is 0 Å². The predicted molar refractivity (Wildman–Crippen MR) is 156 cm³/mol. The average molecular weight is 636 g/mol. The van der Waals surface area contributed by atoms with Crippen LogP contribution in [0, 0.1) is 12.8 Å². The van der Waals surface area contributed by atoms with Gasteiger partial charge in [0.15, 0.2) is 17.4 Å². The van der Waals surface area contributed by atoms with Gasteiger partial charge in [0.1, 0.15) is 30.3 Å². The Kier molecular flexibility index (Phi) is 10.7. The first-order chi connectivity index (χ1) is 20.9. The Balaban J connectivity index is 1.57. The van der Waals surface area contributed by atoms with Crippen LogP contribution in [0.5, 0.6) is 5.75 Å². The largest absolute Gasteiger partial charge is 0.464 e. The number of hydrogen-bond donors (Lipinski definition) is 1. The van der Waals surface area contributed by atoms with Gasteiger partial charge >= 0.3 is 19.7 Å². The lowest BCUT2D eigenvalue weighted by Gasteiger charge is -2.27. The Bertz CT molecular complexity index is 1480. The molecule has 3 heterocycles. The molecule has 1 N–H and O–H groups in total. The van der Waals surface area contributed by atoms with Crippen LogP contribution in [0.4, 0.5) is 4.39 Å². The van der Waals surface area contributed by atoms with E-state index in [1.54, 1.807) is 37.3 Å². The van der Waals surface area contributed by atoms with Crippen LogP contribution in [-0.4, -0.2) is 68.7 Å². The number of rotatable bonds is 14. The zero-order chi connectivity index (χ0) is 32.1. The van der Waals surface area contributed by atoms with E-state index in [0.29, 0.717) is 11.3 Å². The van der Waals surface area contributed by atoms with Crippen molar-refractivity contribution >= 4 is 25.3 Å². The topological polar surface area (TPSA) is 152 Å². The van der Waals surface area contributed by atoms with Crippen LogP contribution in [0.15, 0.2) is 42.9 Å². The van der Waals surface area contributed by atoms with Gasteiger partial charge in [-0.25, -0.2) is 23.4 Å². The first-order valence-electron chi connectivity index (χ1n) is 14.5. The molecule has 0 bridgehead atoms. The molecule has 0 amide bonds. The van der Waals surface area contributed by atoms with E-state index < -0.39 is 56.3 Å². The molecule has 1 unspecified atom stereocenters. The minimum atomic E-state index is -4.32. The van der Waals surface area contributed by atoms with Gasteiger partial charge in [-0.2, -0.15) is 10.2 Å². The third kappa shape index (κ3) is 7.60. The zero-order valence-corrected chi connectivity index (χ0v) is 26.5. The number of benzene rings is 1. The summed E-state index contributed by atoms with van der Waals surface area (Å²) in [6, 6.07) is 7.12. The molecule has 4 rings (SSSR count). The number of halogens is 1. The molecule has 1 aromatic carbocycles. The number of esters is 2. The summed E-state index contributed by atoms with van der Waals surface area (Å²) in [7, 11) is -4.32. The second-order valence-corrected chi connectivity index (χ2v) is 12.6. The van der Waals surface area contributed by atoms with Crippen LogP contribution in [0.3, 0.4) is 0 Å². The fourth-order valence-corrected chi connectivity index (χ4v) is 6.40. The number of imidazole rings is 1. The lowest BCUT2D eigenvalue weighted by atomic mass is 9.93. The van der Waals surface area contributed by atoms with Crippen molar-refractivity contribution < 1.29 is 41.8 Å². The monoisotopic (exact) mass is 635 g/mol. The molecule has 0 spiro atoms. The molecule has 1 saturated heterocycles. The van der Waals surface area contributed by atoms with E-state index in [1.165, 1.54) is 30.9 Å². The van der Waals surface area contributed by atoms with Crippen LogP contribution in [-0.2, 0) is 32.9 Å². The highest BCUT2D eigenvalue weighted by Gasteiger charge is 2.59. The van der Waals surface area contributed by atoms with Gasteiger partial charge < -0.3 is 18.7 Å². The van der Waals surface area contributed by atoms with Crippen LogP contribution < -0.4 is 9.61 Å². The Morgan fingerprint density at radius 1 is 1.20 bits per heavy atom. The molecule has 44 heavy (non-hydrogen) atoms. The average Bonchev–Trinajstić information content (AvgIpc) is 3.51. The number of hydrogen-bond acceptors (Lipinski definition) is 11. The highest BCUT2D eigenvalue weighted by atomic mass is 31.2. The van der Waals surface area contributed by atoms with Gasteiger partial charge in [0, 0.05) is 6.92 Å². The summed E-state index contributed by atoms with van der Waals surface area (Å²) < 4.78 is 60.3. The molecule has 2 aromatic heterocycles. The molecule has 3 aromatic rings. The zero-order valence-electron chi connectivity index (χ0n) is 25.6. The number of para-hydroxylation sites is 1. The first kappa shape index (κ1) is 33.4. The molecule has 15 heteroatoms. The Hall–Kier alpha value is -3.45. The fraction of sp³-hybridized carbons (Fsp3) is 0.552. The number of alkyl halides is 1. The summed E-state index contributed by atoms with van der Waals surface area (Å²) >= 11 is 0. The number of aromatic nitrogens is 4. The normalized spacial score (nSPS) is 23.8. The molecular weight excluding hydrogens is 596 g/mol. The maximum absolute atomic E-state index is 16.5. The number of ether oxygens (including phenoxy) is 3. The standard InChI is InChI=1S/C29H39FN5O8P/c1-7-21(8-2)15-39-28(37)19(4)34-44(38,43-22-12-10-9-11-13-22)40-16-24-26(41-20(5)36)29(6,30)25(42-24)23-14-31-27-18(3)32-17-33-35(23)27/h9-14,17,19,21,24-26H,7-8,15-16H2,1-6H3,(H,34,38)/t19-,24+,25-,26+,29-,44?/m0/s1. The van der Waals surface area contributed by atoms with Crippen LogP contribution in [0.2, 0.25) is 0 Å². The maximum atomic E-state index is 16.5. The van der Waals surface area contributed by atoms with Crippen molar-refractivity contribution in [1.82, 2.24) is 24.7 Å². The van der Waals surface area contributed by atoms with Crippen LogP contribution >= 0.6 is 7.75 Å². The van der Waals surface area contributed by atoms with E-state index >= 15 is 4.39 Å². The van der Waals surface area contributed by atoms with Crippen molar-refractivity contribution in [3.05, 3.63) is 54.2 Å². The molecule has 240 valence electrons. The third-order valence-electron chi connectivity index (χ3n) is 7.48. The van der Waals surface area contributed by atoms with Gasteiger partial charge in [-0.15, -0.1) is 0 Å². The van der Waals surface area contributed by atoms with Crippen molar-refractivity contribution in [2.75, 3.05) is 13.2 Å². The van der Waals surface area contributed by atoms with Crippen LogP contribution in [0.25, 0.3) is 5.65 Å². The fourth-order valence-electron chi connectivity index (χ4n) is 4.90. The third-order valence-corrected chi connectivity index (χ3v) is 9.13. The van der Waals surface area contributed by atoms with E-state index in [4.69, 9.17) is 23.3 Å². The molecule has 1 aliphatic heterocycles. The lowest BCUT2D eigenvalue weighted by Crippen LogP contribution is -2.43. The second kappa shape index (κ2) is 14.1. The summed E-state index contributed by atoms with van der Waals surface area (Å²) in [6.45, 7) is 9.27. The number of carbonyl (C=O) groups excluding carboxylic acids is 2. The number of fused-ring (bicyclic) bond motifs is 1. The number of aryl methyl sites for hydroxylation is 1. The van der Waals surface area contributed by atoms with Crippen molar-refractivity contribution in [3.8, 4) is 5.75 Å². The number of nitrogens with one attached hydrogen (secondary N) is 1. The van der Waals surface area contributed by atoms with Crippen molar-refractivity contribution in [3.63, 3.8) is 0 Å². The van der Waals surface area contributed by atoms with Gasteiger partial charge in [0.2, 0.25) is 0 Å². The SMILES string of the molecule is CCC(CC)COC(=O)[C@H](C)NP(=O)(OC[C@H]1O[C@@H](c2cnc3c(C)ncnn23)[C@](C)(F)[C@@H]1OC(C)=O)Oc1ccccc1. The summed E-state index contributed by atoms with van der Waals surface area (Å²) in [4.78, 5) is 33.2. The van der Waals surface area contributed by atoms with Gasteiger partial charge in [-0.3, -0.25) is 14.1 Å². The van der Waals surface area contributed by atoms with Gasteiger partial charge in [-0.05, 0) is 38.8 Å². The van der Waals surface area contributed by atoms with E-state index in [2.05, 4.69) is 20.2 Å². The quantitative estimate of drug-likeness (QED) is 0.193. The molecule has 1 fully saturated rings. The lowest BCUT2D eigenvalue weighted by molar-refractivity contribution is -0.155. The summed E-state index contributed by atoms with van der Waals surface area (Å²) in [5, 5.41) is 6.80. The van der Waals surface area contributed by atoms with E-state index in [0.717, 1.165) is 19.8 Å². The minimum absolute atomic E-state index is 0.193. The van der Waals surface area contributed by atoms with Gasteiger partial charge in [0.25, 0.3) is 0 Å². The van der Waals surface area contributed by atoms with E-state index in [9.17, 15) is 14.2 Å². The van der Waals surface area contributed by atoms with Gasteiger partial charge in [-0.1, -0.05) is 44.9 Å². The van der Waals surface area contributed by atoms with E-state index in [-0.39, 0.29) is 24.0 Å². The molecule has 0 radical (unpaired) electrons. The first-order valence-corrected chi connectivity index (χ1v) is 16.0. The Labute approximate surface area is 255 Å². The minimum Gasteiger partial charge on any atom is -0.464 e. The molecular formula is C29H39FN5O8P. The Morgan fingerprint density at radius 3 is 2.57 bits per heavy atom. The van der Waals surface area contributed by atoms with Crippen molar-refractivity contribution in [2.45, 2.75) is 84.4 Å². The van der Waals surface area contributed by atoms with E-state index in [1.807, 2.05) is 13.8 Å². The molecule has 6 atom stereocenters. The highest BCUT2D eigenvalue weighted by Crippen LogP contribution is 2.49. The number of nitrogens with zero attached hydrogens (tertiary/aromatic N) is 4. The molecule has 0 aliphatic carbocycles. The molecule has 13 nitrogen and oxygen atoms in total. The summed E-state index contributed by atoms with van der Waals surface area (Å²) in [5.74, 6) is -1.01. The smallest absolute Gasteiger partial charge is 0.459 e. The molecule has 1 aliphatic rings. The van der Waals surface area contributed by atoms with Crippen molar-refractivity contribution in [2.24, 2.45) is 5.92 Å². The maximum Gasteiger partial charge on any atom is 0.459 e. The highest BCUT2D eigenvalue weighted by molar-refractivity contribution is 7.52. The Morgan fingerprint density at radius 2 is 1.91 bits per heavy atom. The second-order valence-electron chi connectivity index (χ2n) is 10.9. The van der Waals surface area contributed by atoms with Crippen LogP contribution in [0.1, 0.15) is 65.0 Å². The number of carbonyl (C=O) groups is 2. The summed E-state index contributed by atoms with van der Waals surface area (Å²) in [5.41, 5.74) is -1.05. The molecule has 0 saturated carbocycles. The predicted octanol–water partition coefficient (Wildman–Crippen LogP) is 4.69. The summed E-state index contributed by atoms with van der Waals surface area (Å²) in [6.07, 6.45) is 0.391. The van der Waals surface area contributed by atoms with Gasteiger partial charge in [0.05, 0.1) is 30.8 Å².